The molecule has 0 amide bonds. The lowest BCUT2D eigenvalue weighted by atomic mass is 10.1. The minimum absolute atomic E-state index is 0.626. The Morgan fingerprint density at radius 1 is 0.652 bits per heavy atom. The van der Waals surface area contributed by atoms with Gasteiger partial charge < -0.3 is 9.80 Å². The quantitative estimate of drug-likeness (QED) is 0.316. The third-order valence-corrected chi connectivity index (χ3v) is 5.18. The van der Waals surface area contributed by atoms with Crippen LogP contribution in [0.15, 0.2) is 12.4 Å². The van der Waals surface area contributed by atoms with Gasteiger partial charge >= 0.3 is 0 Å². The van der Waals surface area contributed by atoms with Crippen LogP contribution in [-0.2, 0) is 0 Å². The number of unbranched alkanes of at least 4 members (excludes halogenated alkanes) is 11. The molecule has 2 nitrogen and oxygen atoms in total. The first-order chi connectivity index (χ1) is 11.3. The van der Waals surface area contributed by atoms with Crippen molar-refractivity contribution in [2.24, 2.45) is 0 Å². The van der Waals surface area contributed by atoms with Gasteiger partial charge in [-0.15, -0.1) is 0 Å². The lowest BCUT2D eigenvalue weighted by Crippen LogP contribution is -2.37. The largest absolute Gasteiger partial charge is 0.359 e. The molecule has 0 aromatic carbocycles. The van der Waals surface area contributed by atoms with Gasteiger partial charge in [0.05, 0.1) is 0 Å². The Labute approximate surface area is 146 Å². The zero-order valence-corrected chi connectivity index (χ0v) is 16.2. The van der Waals surface area contributed by atoms with Crippen molar-refractivity contribution in [1.82, 2.24) is 9.80 Å². The average molecular weight is 323 g/mol. The second-order valence-electron chi connectivity index (χ2n) is 7.36. The Kier molecular flexibility index (Phi) is 12.2. The minimum Gasteiger partial charge on any atom is -0.359 e. The second-order valence-corrected chi connectivity index (χ2v) is 7.36. The van der Waals surface area contributed by atoms with E-state index in [-0.39, 0.29) is 0 Å². The van der Waals surface area contributed by atoms with E-state index >= 15 is 0 Å². The Balaban J connectivity index is 2.03. The first-order valence-electron chi connectivity index (χ1n) is 10.5. The van der Waals surface area contributed by atoms with Crippen molar-refractivity contribution < 1.29 is 0 Å². The molecule has 1 rings (SSSR count). The molecule has 0 saturated heterocycles. The van der Waals surface area contributed by atoms with Crippen LogP contribution in [0.2, 0.25) is 0 Å². The van der Waals surface area contributed by atoms with Gasteiger partial charge in [-0.1, -0.05) is 84.5 Å². The van der Waals surface area contributed by atoms with Gasteiger partial charge in [0.1, 0.15) is 6.17 Å². The highest BCUT2D eigenvalue weighted by Crippen LogP contribution is 2.21. The Morgan fingerprint density at radius 3 is 1.78 bits per heavy atom. The first-order valence-corrected chi connectivity index (χ1v) is 10.5. The zero-order chi connectivity index (χ0) is 16.8. The number of rotatable bonds is 15. The molecule has 1 atom stereocenters. The van der Waals surface area contributed by atoms with Gasteiger partial charge in [-0.25, -0.2) is 0 Å². The van der Waals surface area contributed by atoms with Crippen molar-refractivity contribution in [3.8, 4) is 0 Å². The van der Waals surface area contributed by atoms with Gasteiger partial charge in [0.2, 0.25) is 0 Å². The highest BCUT2D eigenvalue weighted by Gasteiger charge is 2.22. The molecule has 2 heteroatoms. The summed E-state index contributed by atoms with van der Waals surface area (Å²) in [6.07, 6.45) is 24.8. The van der Waals surface area contributed by atoms with E-state index in [4.69, 9.17) is 0 Å². The predicted molar refractivity (Wildman–Crippen MR) is 103 cm³/mol. The van der Waals surface area contributed by atoms with Crippen molar-refractivity contribution in [2.75, 3.05) is 13.6 Å². The smallest absolute Gasteiger partial charge is 0.100 e. The molecule has 1 heterocycles. The Bertz CT molecular complexity index is 288. The zero-order valence-electron chi connectivity index (χ0n) is 16.2. The van der Waals surface area contributed by atoms with Crippen LogP contribution >= 0.6 is 0 Å². The van der Waals surface area contributed by atoms with E-state index in [9.17, 15) is 0 Å². The van der Waals surface area contributed by atoms with Gasteiger partial charge in [-0.2, -0.15) is 0 Å². The fourth-order valence-corrected chi connectivity index (χ4v) is 3.58. The summed E-state index contributed by atoms with van der Waals surface area (Å²) in [5.41, 5.74) is 0. The molecule has 0 aliphatic carbocycles. The van der Waals surface area contributed by atoms with Crippen LogP contribution in [0.1, 0.15) is 104 Å². The predicted octanol–water partition coefficient (Wildman–Crippen LogP) is 6.53. The summed E-state index contributed by atoms with van der Waals surface area (Å²) in [4.78, 5) is 4.98. The molecular weight excluding hydrogens is 280 g/mol. The van der Waals surface area contributed by atoms with E-state index in [1.165, 1.54) is 96.4 Å². The standard InChI is InChI=1S/C21H42N2/c1-4-6-8-10-11-12-13-14-15-17-21-22(3)19-20-23(21)18-16-9-7-5-2/h19-21H,4-18H2,1-3H3. The van der Waals surface area contributed by atoms with Crippen LogP contribution in [0.3, 0.4) is 0 Å². The number of nitrogens with zero attached hydrogens (tertiary/aromatic N) is 2. The maximum Gasteiger partial charge on any atom is 0.100 e. The van der Waals surface area contributed by atoms with Gasteiger partial charge in [-0.05, 0) is 19.3 Å². The molecule has 0 N–H and O–H groups in total. The fourth-order valence-electron chi connectivity index (χ4n) is 3.58. The molecule has 0 saturated carbocycles. The third kappa shape index (κ3) is 9.27. The van der Waals surface area contributed by atoms with Gasteiger partial charge in [0, 0.05) is 26.0 Å². The number of hydrogen-bond donors (Lipinski definition) is 0. The maximum absolute atomic E-state index is 2.57. The normalized spacial score (nSPS) is 17.4. The van der Waals surface area contributed by atoms with Crippen LogP contribution in [-0.4, -0.2) is 29.6 Å². The molecule has 23 heavy (non-hydrogen) atoms. The van der Waals surface area contributed by atoms with Crippen LogP contribution in [0.25, 0.3) is 0 Å². The second kappa shape index (κ2) is 13.7. The van der Waals surface area contributed by atoms with Crippen molar-refractivity contribution in [1.29, 1.82) is 0 Å². The summed E-state index contributed by atoms with van der Waals surface area (Å²) in [5, 5.41) is 0. The molecule has 0 spiro atoms. The Morgan fingerprint density at radius 2 is 1.17 bits per heavy atom. The van der Waals surface area contributed by atoms with Gasteiger partial charge in [0.25, 0.3) is 0 Å². The van der Waals surface area contributed by atoms with Crippen LogP contribution in [0.4, 0.5) is 0 Å². The topological polar surface area (TPSA) is 6.48 Å². The molecule has 1 aliphatic heterocycles. The molecule has 0 aromatic rings. The molecule has 1 aliphatic rings. The molecule has 0 bridgehead atoms. The maximum atomic E-state index is 2.57. The lowest BCUT2D eigenvalue weighted by Gasteiger charge is -2.30. The lowest BCUT2D eigenvalue weighted by molar-refractivity contribution is 0.159. The number of hydrogen-bond acceptors (Lipinski definition) is 2. The van der Waals surface area contributed by atoms with Crippen molar-refractivity contribution in [2.45, 2.75) is 110 Å². The monoisotopic (exact) mass is 322 g/mol. The summed E-state index contributed by atoms with van der Waals surface area (Å²) in [6.45, 7) is 5.82. The minimum atomic E-state index is 0.626. The van der Waals surface area contributed by atoms with E-state index in [0.29, 0.717) is 6.17 Å². The van der Waals surface area contributed by atoms with E-state index in [2.05, 4.69) is 43.1 Å². The fraction of sp³-hybridized carbons (Fsp3) is 0.905. The summed E-state index contributed by atoms with van der Waals surface area (Å²) in [5.74, 6) is 0. The molecule has 0 radical (unpaired) electrons. The van der Waals surface area contributed by atoms with Crippen LogP contribution in [0, 0.1) is 0 Å². The van der Waals surface area contributed by atoms with Crippen LogP contribution in [0.5, 0.6) is 0 Å². The van der Waals surface area contributed by atoms with Crippen molar-refractivity contribution in [3.05, 3.63) is 12.4 Å². The molecule has 1 unspecified atom stereocenters. The molecule has 0 fully saturated rings. The summed E-state index contributed by atoms with van der Waals surface area (Å²) >= 11 is 0. The molecular formula is C21H42N2. The van der Waals surface area contributed by atoms with E-state index in [1.807, 2.05) is 0 Å². The first kappa shape index (κ1) is 20.4. The van der Waals surface area contributed by atoms with Gasteiger partial charge in [-0.3, -0.25) is 0 Å². The van der Waals surface area contributed by atoms with Crippen molar-refractivity contribution in [3.63, 3.8) is 0 Å². The van der Waals surface area contributed by atoms with E-state index < -0.39 is 0 Å². The highest BCUT2D eigenvalue weighted by atomic mass is 15.4. The van der Waals surface area contributed by atoms with E-state index in [1.54, 1.807) is 0 Å². The Hall–Kier alpha value is -0.660. The summed E-state index contributed by atoms with van der Waals surface area (Å²) in [7, 11) is 2.24. The third-order valence-electron chi connectivity index (χ3n) is 5.18. The SMILES string of the molecule is CCCCCCCCCCCC1N(C)C=CN1CCCCCC. The summed E-state index contributed by atoms with van der Waals surface area (Å²) < 4.78 is 0. The van der Waals surface area contributed by atoms with Crippen molar-refractivity contribution >= 4 is 0 Å². The van der Waals surface area contributed by atoms with Gasteiger partial charge in [0.15, 0.2) is 0 Å². The van der Waals surface area contributed by atoms with Crippen LogP contribution < -0.4 is 0 Å². The molecule has 0 aromatic heterocycles. The highest BCUT2D eigenvalue weighted by molar-refractivity contribution is 4.95. The molecule has 136 valence electrons. The summed E-state index contributed by atoms with van der Waals surface area (Å²) in [6, 6.07) is 0. The average Bonchev–Trinajstić information content (AvgIpc) is 2.90. The van der Waals surface area contributed by atoms with E-state index in [0.717, 1.165) is 0 Å².